The fourth-order valence-corrected chi connectivity index (χ4v) is 4.55. The van der Waals surface area contributed by atoms with E-state index in [1.165, 1.54) is 0 Å². The third-order valence-electron chi connectivity index (χ3n) is 6.41. The van der Waals surface area contributed by atoms with E-state index in [1.807, 2.05) is 30.3 Å². The van der Waals surface area contributed by atoms with Crippen LogP contribution in [0.3, 0.4) is 0 Å². The quantitative estimate of drug-likeness (QED) is 0.776. The SMILES string of the molecule is CC(C)N1CCCC(CNC(=O)C2(C(F)(F)F)CCN(Cc3ccccc3)C2)C1. The number of hydrogen-bond acceptors (Lipinski definition) is 3. The molecule has 0 spiro atoms. The summed E-state index contributed by atoms with van der Waals surface area (Å²) in [6, 6.07) is 9.84. The van der Waals surface area contributed by atoms with Gasteiger partial charge in [0, 0.05) is 32.2 Å². The Kier molecular flexibility index (Phi) is 6.89. The van der Waals surface area contributed by atoms with Gasteiger partial charge in [0.25, 0.3) is 0 Å². The first kappa shape index (κ1) is 22.1. The van der Waals surface area contributed by atoms with E-state index < -0.39 is 17.5 Å². The number of nitrogens with zero attached hydrogens (tertiary/aromatic N) is 2. The van der Waals surface area contributed by atoms with Gasteiger partial charge in [0.15, 0.2) is 5.41 Å². The molecule has 2 aliphatic rings. The van der Waals surface area contributed by atoms with Crippen molar-refractivity contribution < 1.29 is 18.0 Å². The lowest BCUT2D eigenvalue weighted by molar-refractivity contribution is -0.218. The zero-order valence-corrected chi connectivity index (χ0v) is 17.3. The third kappa shape index (κ3) is 5.12. The van der Waals surface area contributed by atoms with Crippen molar-refractivity contribution in [3.05, 3.63) is 35.9 Å². The zero-order chi connectivity index (χ0) is 21.1. The first-order valence-electron chi connectivity index (χ1n) is 10.6. The summed E-state index contributed by atoms with van der Waals surface area (Å²) in [5, 5.41) is 2.67. The Morgan fingerprint density at radius 1 is 1.24 bits per heavy atom. The van der Waals surface area contributed by atoms with Crippen molar-refractivity contribution in [3.63, 3.8) is 0 Å². The molecule has 7 heteroatoms. The Bertz CT molecular complexity index is 680. The molecule has 1 aromatic carbocycles. The summed E-state index contributed by atoms with van der Waals surface area (Å²) in [7, 11) is 0. The van der Waals surface area contributed by atoms with Crippen LogP contribution in [0.15, 0.2) is 30.3 Å². The lowest BCUT2D eigenvalue weighted by atomic mass is 9.84. The van der Waals surface area contributed by atoms with Crippen LogP contribution >= 0.6 is 0 Å². The second kappa shape index (κ2) is 9.04. The standard InChI is InChI=1S/C22H32F3N3O/c1-17(2)28-11-6-9-19(15-28)13-26-20(29)21(22(23,24)25)10-12-27(16-21)14-18-7-4-3-5-8-18/h3-5,7-8,17,19H,6,9-16H2,1-2H3,(H,26,29). The van der Waals surface area contributed by atoms with Crippen LogP contribution in [0.5, 0.6) is 0 Å². The first-order chi connectivity index (χ1) is 13.7. The molecule has 1 amide bonds. The highest BCUT2D eigenvalue weighted by atomic mass is 19.4. The molecule has 3 rings (SSSR count). The second-order valence-corrected chi connectivity index (χ2v) is 8.83. The van der Waals surface area contributed by atoms with E-state index in [0.29, 0.717) is 19.1 Å². The Morgan fingerprint density at radius 2 is 1.97 bits per heavy atom. The molecule has 2 fully saturated rings. The molecular weight excluding hydrogens is 379 g/mol. The van der Waals surface area contributed by atoms with Gasteiger partial charge in [0.1, 0.15) is 0 Å². The van der Waals surface area contributed by atoms with Gasteiger partial charge in [-0.2, -0.15) is 13.2 Å². The molecule has 0 saturated carbocycles. The van der Waals surface area contributed by atoms with Crippen LogP contribution in [-0.4, -0.2) is 60.6 Å². The molecule has 0 aliphatic carbocycles. The summed E-state index contributed by atoms with van der Waals surface area (Å²) in [6.07, 6.45) is -2.77. The molecule has 1 N–H and O–H groups in total. The molecule has 2 saturated heterocycles. The average molecular weight is 412 g/mol. The smallest absolute Gasteiger partial charge is 0.355 e. The predicted molar refractivity (Wildman–Crippen MR) is 107 cm³/mol. The molecule has 0 bridgehead atoms. The number of halogens is 3. The van der Waals surface area contributed by atoms with Crippen molar-refractivity contribution >= 4 is 5.91 Å². The first-order valence-corrected chi connectivity index (χ1v) is 10.6. The molecule has 162 valence electrons. The lowest BCUT2D eigenvalue weighted by Crippen LogP contribution is -2.54. The maximum atomic E-state index is 14.0. The van der Waals surface area contributed by atoms with Gasteiger partial charge in [-0.3, -0.25) is 9.69 Å². The average Bonchev–Trinajstić information content (AvgIpc) is 3.12. The minimum atomic E-state index is -4.56. The summed E-state index contributed by atoms with van der Waals surface area (Å²) in [4.78, 5) is 16.9. The number of alkyl halides is 3. The number of likely N-dealkylation sites (tertiary alicyclic amines) is 2. The van der Waals surface area contributed by atoms with E-state index in [9.17, 15) is 18.0 Å². The zero-order valence-electron chi connectivity index (χ0n) is 17.3. The maximum absolute atomic E-state index is 14.0. The summed E-state index contributed by atoms with van der Waals surface area (Å²) >= 11 is 0. The van der Waals surface area contributed by atoms with Gasteiger partial charge in [0.2, 0.25) is 5.91 Å². The van der Waals surface area contributed by atoms with E-state index >= 15 is 0 Å². The van der Waals surface area contributed by atoms with Crippen molar-refractivity contribution in [1.29, 1.82) is 0 Å². The Hall–Kier alpha value is -1.60. The monoisotopic (exact) mass is 411 g/mol. The van der Waals surface area contributed by atoms with Crippen LogP contribution in [-0.2, 0) is 11.3 Å². The van der Waals surface area contributed by atoms with Crippen LogP contribution < -0.4 is 5.32 Å². The molecule has 1 aromatic rings. The molecule has 2 unspecified atom stereocenters. The number of amides is 1. The van der Waals surface area contributed by atoms with Crippen molar-refractivity contribution in [2.45, 2.75) is 51.9 Å². The molecule has 4 nitrogen and oxygen atoms in total. The Balaban J connectivity index is 1.62. The summed E-state index contributed by atoms with van der Waals surface area (Å²) in [5.41, 5.74) is -1.35. The highest BCUT2D eigenvalue weighted by Gasteiger charge is 2.62. The van der Waals surface area contributed by atoms with Gasteiger partial charge >= 0.3 is 6.18 Å². The van der Waals surface area contributed by atoms with Crippen molar-refractivity contribution in [2.24, 2.45) is 11.3 Å². The number of carbonyl (C=O) groups is 1. The number of carbonyl (C=O) groups excluding carboxylic acids is 1. The minimum Gasteiger partial charge on any atom is -0.355 e. The number of hydrogen-bond donors (Lipinski definition) is 1. The predicted octanol–water partition coefficient (Wildman–Crippen LogP) is 3.68. The fraction of sp³-hybridized carbons (Fsp3) is 0.682. The van der Waals surface area contributed by atoms with E-state index in [-0.39, 0.29) is 25.4 Å². The van der Waals surface area contributed by atoms with Crippen LogP contribution in [0, 0.1) is 11.3 Å². The highest BCUT2D eigenvalue weighted by Crippen LogP contribution is 2.46. The van der Waals surface area contributed by atoms with Gasteiger partial charge in [-0.25, -0.2) is 0 Å². The lowest BCUT2D eigenvalue weighted by Gasteiger charge is -2.36. The Morgan fingerprint density at radius 3 is 2.62 bits per heavy atom. The molecule has 2 aliphatic heterocycles. The summed E-state index contributed by atoms with van der Waals surface area (Å²) in [5.74, 6) is -0.649. The maximum Gasteiger partial charge on any atom is 0.404 e. The number of nitrogens with one attached hydrogen (secondary N) is 1. The molecular formula is C22H32F3N3O. The fourth-order valence-electron chi connectivity index (χ4n) is 4.55. The van der Waals surface area contributed by atoms with E-state index in [0.717, 1.165) is 31.5 Å². The molecule has 2 atom stereocenters. The van der Waals surface area contributed by atoms with Crippen molar-refractivity contribution in [1.82, 2.24) is 15.1 Å². The van der Waals surface area contributed by atoms with Crippen LogP contribution in [0.2, 0.25) is 0 Å². The second-order valence-electron chi connectivity index (χ2n) is 8.83. The van der Waals surface area contributed by atoms with Gasteiger partial charge in [-0.15, -0.1) is 0 Å². The van der Waals surface area contributed by atoms with Gasteiger partial charge in [-0.05, 0) is 57.7 Å². The van der Waals surface area contributed by atoms with Crippen molar-refractivity contribution in [3.8, 4) is 0 Å². The van der Waals surface area contributed by atoms with Gasteiger partial charge in [-0.1, -0.05) is 30.3 Å². The molecule has 0 aromatic heterocycles. The molecule has 29 heavy (non-hydrogen) atoms. The Labute approximate surface area is 171 Å². The minimum absolute atomic E-state index is 0.183. The molecule has 0 radical (unpaired) electrons. The van der Waals surface area contributed by atoms with Crippen LogP contribution in [0.4, 0.5) is 13.2 Å². The van der Waals surface area contributed by atoms with Crippen LogP contribution in [0.1, 0.15) is 38.7 Å². The molecule has 2 heterocycles. The highest BCUT2D eigenvalue weighted by molar-refractivity contribution is 5.84. The van der Waals surface area contributed by atoms with Crippen LogP contribution in [0.25, 0.3) is 0 Å². The summed E-state index contributed by atoms with van der Waals surface area (Å²) < 4.78 is 42.0. The topological polar surface area (TPSA) is 35.6 Å². The van der Waals surface area contributed by atoms with E-state index in [2.05, 4.69) is 24.1 Å². The van der Waals surface area contributed by atoms with Crippen molar-refractivity contribution in [2.75, 3.05) is 32.7 Å². The van der Waals surface area contributed by atoms with E-state index in [1.54, 1.807) is 4.90 Å². The number of benzene rings is 1. The summed E-state index contributed by atoms with van der Waals surface area (Å²) in [6.45, 7) is 6.84. The number of rotatable bonds is 6. The van der Waals surface area contributed by atoms with E-state index in [4.69, 9.17) is 0 Å². The van der Waals surface area contributed by atoms with Gasteiger partial charge in [0.05, 0.1) is 0 Å². The number of piperidine rings is 1. The largest absolute Gasteiger partial charge is 0.404 e. The van der Waals surface area contributed by atoms with Gasteiger partial charge < -0.3 is 10.2 Å². The normalized spacial score (nSPS) is 26.8. The third-order valence-corrected chi connectivity index (χ3v) is 6.41.